The lowest BCUT2D eigenvalue weighted by atomic mass is 9.97. The molecule has 2 heterocycles. The van der Waals surface area contributed by atoms with E-state index >= 15 is 0 Å². The van der Waals surface area contributed by atoms with Crippen molar-refractivity contribution >= 4 is 56.5 Å². The van der Waals surface area contributed by atoms with Gasteiger partial charge in [-0.05, 0) is 55.9 Å². The third-order valence-electron chi connectivity index (χ3n) is 5.10. The van der Waals surface area contributed by atoms with Crippen LogP contribution >= 0.6 is 34.5 Å². The van der Waals surface area contributed by atoms with Crippen LogP contribution in [0.25, 0.3) is 10.2 Å². The van der Waals surface area contributed by atoms with Crippen molar-refractivity contribution in [3.63, 3.8) is 0 Å². The van der Waals surface area contributed by atoms with Gasteiger partial charge in [0.05, 0.1) is 15.4 Å². The van der Waals surface area contributed by atoms with Crippen LogP contribution in [0.15, 0.2) is 18.2 Å². The summed E-state index contributed by atoms with van der Waals surface area (Å²) in [5.74, 6) is 0.192. The Labute approximate surface area is 188 Å². The fourth-order valence-electron chi connectivity index (χ4n) is 3.59. The van der Waals surface area contributed by atoms with E-state index in [1.54, 1.807) is 24.3 Å². The maximum absolute atomic E-state index is 10.9. The number of fused-ring (bicyclic) bond motifs is 3. The van der Waals surface area contributed by atoms with Gasteiger partial charge in [0, 0.05) is 11.4 Å². The lowest BCUT2D eigenvalue weighted by molar-refractivity contribution is -0.144. The number of hydrogen-bond acceptors (Lipinski definition) is 6. The summed E-state index contributed by atoms with van der Waals surface area (Å²) < 4.78 is 5.41. The molecule has 1 aliphatic rings. The average molecular weight is 466 g/mol. The Hall–Kier alpha value is -1.93. The molecule has 0 amide bonds. The van der Waals surface area contributed by atoms with Crippen molar-refractivity contribution in [3.05, 3.63) is 50.1 Å². The number of nitrogens with one attached hydrogen (secondary N) is 1. The van der Waals surface area contributed by atoms with Crippen LogP contribution in [0.3, 0.4) is 0 Å². The number of carbonyl (C=O) groups is 1. The number of hydrogen-bond donors (Lipinski definition) is 2. The number of ether oxygens (including phenoxy) is 1. The molecule has 0 saturated carbocycles. The molecule has 1 unspecified atom stereocenters. The zero-order valence-corrected chi connectivity index (χ0v) is 18.7. The van der Waals surface area contributed by atoms with Crippen LogP contribution in [0, 0.1) is 0 Å². The molecule has 1 aliphatic carbocycles. The van der Waals surface area contributed by atoms with Crippen LogP contribution in [0.5, 0.6) is 0 Å². The van der Waals surface area contributed by atoms with Crippen LogP contribution in [-0.4, -0.2) is 27.7 Å². The van der Waals surface area contributed by atoms with Gasteiger partial charge in [-0.1, -0.05) is 29.3 Å². The number of aliphatic carboxylic acids is 1. The molecule has 2 aromatic heterocycles. The number of halogens is 2. The molecule has 30 heavy (non-hydrogen) atoms. The molecule has 0 bridgehead atoms. The Bertz CT molecular complexity index is 1100. The standard InChI is InChI=1S/C21H21Cl2N3O3S/c1-11(29-10-17(27)28)19-25-20(24-9-12-6-7-14(22)15(23)8-12)18-13-4-2-3-5-16(13)30-21(18)26-19/h6-8,11H,2-5,9-10H2,1H3,(H,27,28)(H,24,25,26). The molecule has 6 nitrogen and oxygen atoms in total. The summed E-state index contributed by atoms with van der Waals surface area (Å²) in [5, 5.41) is 14.4. The summed E-state index contributed by atoms with van der Waals surface area (Å²) >= 11 is 13.9. The Morgan fingerprint density at radius 1 is 1.27 bits per heavy atom. The normalized spacial score (nSPS) is 14.5. The molecule has 0 spiro atoms. The number of nitrogens with zero attached hydrogens (tertiary/aromatic N) is 2. The van der Waals surface area contributed by atoms with Crippen LogP contribution in [0.4, 0.5) is 5.82 Å². The Morgan fingerprint density at radius 2 is 2.07 bits per heavy atom. The monoisotopic (exact) mass is 465 g/mol. The Kier molecular flexibility index (Phi) is 6.43. The van der Waals surface area contributed by atoms with Gasteiger partial charge in [-0.2, -0.15) is 0 Å². The fraction of sp³-hybridized carbons (Fsp3) is 0.381. The van der Waals surface area contributed by atoms with Gasteiger partial charge in [0.15, 0.2) is 5.82 Å². The van der Waals surface area contributed by atoms with Gasteiger partial charge in [-0.25, -0.2) is 14.8 Å². The number of carboxylic acid groups (broad SMARTS) is 1. The maximum Gasteiger partial charge on any atom is 0.329 e. The van der Waals surface area contributed by atoms with E-state index in [4.69, 9.17) is 43.0 Å². The third kappa shape index (κ3) is 4.54. The molecule has 0 saturated heterocycles. The summed E-state index contributed by atoms with van der Waals surface area (Å²) in [6.45, 7) is 1.90. The van der Waals surface area contributed by atoms with Crippen molar-refractivity contribution in [2.24, 2.45) is 0 Å². The van der Waals surface area contributed by atoms with E-state index in [1.165, 1.54) is 16.9 Å². The summed E-state index contributed by atoms with van der Waals surface area (Å²) in [5.41, 5.74) is 2.31. The van der Waals surface area contributed by atoms with Gasteiger partial charge in [0.2, 0.25) is 0 Å². The number of aryl methyl sites for hydroxylation is 2. The van der Waals surface area contributed by atoms with Crippen molar-refractivity contribution in [2.45, 2.75) is 45.3 Å². The van der Waals surface area contributed by atoms with Crippen LogP contribution in [0.1, 0.15) is 47.7 Å². The molecule has 9 heteroatoms. The minimum Gasteiger partial charge on any atom is -0.480 e. The zero-order chi connectivity index (χ0) is 21.3. The molecule has 1 aromatic carbocycles. The summed E-state index contributed by atoms with van der Waals surface area (Å²) in [6.07, 6.45) is 3.89. The predicted molar refractivity (Wildman–Crippen MR) is 120 cm³/mol. The van der Waals surface area contributed by atoms with Crippen LogP contribution in [0.2, 0.25) is 10.0 Å². The molecular formula is C21H21Cl2N3O3S. The average Bonchev–Trinajstić information content (AvgIpc) is 3.11. The molecule has 0 aliphatic heterocycles. The van der Waals surface area contributed by atoms with E-state index < -0.39 is 18.7 Å². The smallest absolute Gasteiger partial charge is 0.329 e. The molecule has 1 atom stereocenters. The van der Waals surface area contributed by atoms with E-state index in [0.717, 1.165) is 40.9 Å². The Balaban J connectivity index is 1.69. The van der Waals surface area contributed by atoms with Crippen molar-refractivity contribution in [1.82, 2.24) is 9.97 Å². The molecule has 2 N–H and O–H groups in total. The highest BCUT2D eigenvalue weighted by Gasteiger charge is 2.23. The highest BCUT2D eigenvalue weighted by atomic mass is 35.5. The lowest BCUT2D eigenvalue weighted by Crippen LogP contribution is -2.13. The van der Waals surface area contributed by atoms with E-state index in [0.29, 0.717) is 22.4 Å². The van der Waals surface area contributed by atoms with Gasteiger partial charge >= 0.3 is 5.97 Å². The highest BCUT2D eigenvalue weighted by Crippen LogP contribution is 2.39. The SMILES string of the molecule is CC(OCC(=O)O)c1nc(NCc2ccc(Cl)c(Cl)c2)c2c3c(sc2n1)CCCC3. The first-order valence-electron chi connectivity index (χ1n) is 9.75. The zero-order valence-electron chi connectivity index (χ0n) is 16.4. The lowest BCUT2D eigenvalue weighted by Gasteiger charge is -2.15. The maximum atomic E-state index is 10.9. The number of benzene rings is 1. The second kappa shape index (κ2) is 9.06. The van der Waals surface area contributed by atoms with E-state index in [9.17, 15) is 4.79 Å². The first kappa shape index (κ1) is 21.3. The minimum absolute atomic E-state index is 0.393. The number of aromatic nitrogens is 2. The topological polar surface area (TPSA) is 84.3 Å². The van der Waals surface area contributed by atoms with Crippen LogP contribution in [-0.2, 0) is 28.9 Å². The van der Waals surface area contributed by atoms with Crippen LogP contribution < -0.4 is 5.32 Å². The van der Waals surface area contributed by atoms with Gasteiger partial charge in [-0.15, -0.1) is 11.3 Å². The number of thiophene rings is 1. The van der Waals surface area contributed by atoms with Crippen molar-refractivity contribution in [3.8, 4) is 0 Å². The first-order valence-corrected chi connectivity index (χ1v) is 11.3. The Morgan fingerprint density at radius 3 is 2.83 bits per heavy atom. The van der Waals surface area contributed by atoms with Crippen molar-refractivity contribution in [1.29, 1.82) is 0 Å². The van der Waals surface area contributed by atoms with E-state index in [1.807, 2.05) is 12.1 Å². The predicted octanol–water partition coefficient (Wildman–Crippen LogP) is 5.65. The first-order chi connectivity index (χ1) is 14.4. The summed E-state index contributed by atoms with van der Waals surface area (Å²) in [7, 11) is 0. The minimum atomic E-state index is -1.02. The third-order valence-corrected chi connectivity index (χ3v) is 7.02. The van der Waals surface area contributed by atoms with E-state index in [-0.39, 0.29) is 0 Å². The second-order valence-electron chi connectivity index (χ2n) is 7.27. The van der Waals surface area contributed by atoms with Crippen molar-refractivity contribution in [2.75, 3.05) is 11.9 Å². The van der Waals surface area contributed by atoms with Gasteiger partial charge in [-0.3, -0.25) is 0 Å². The highest BCUT2D eigenvalue weighted by molar-refractivity contribution is 7.19. The largest absolute Gasteiger partial charge is 0.480 e. The van der Waals surface area contributed by atoms with Crippen molar-refractivity contribution < 1.29 is 14.6 Å². The molecular weight excluding hydrogens is 445 g/mol. The number of anilines is 1. The molecule has 0 radical (unpaired) electrons. The molecule has 0 fully saturated rings. The summed E-state index contributed by atoms with van der Waals surface area (Å²) in [4.78, 5) is 22.6. The fourth-order valence-corrected chi connectivity index (χ4v) is 5.18. The quantitative estimate of drug-likeness (QED) is 0.468. The molecule has 4 rings (SSSR count). The van der Waals surface area contributed by atoms with Gasteiger partial charge in [0.25, 0.3) is 0 Å². The van der Waals surface area contributed by atoms with Gasteiger partial charge < -0.3 is 15.2 Å². The molecule has 3 aromatic rings. The number of rotatable bonds is 7. The second-order valence-corrected chi connectivity index (χ2v) is 9.17. The summed E-state index contributed by atoms with van der Waals surface area (Å²) in [6, 6.07) is 5.52. The van der Waals surface area contributed by atoms with Gasteiger partial charge in [0.1, 0.15) is 23.4 Å². The molecule has 158 valence electrons. The number of carboxylic acids is 1. The van der Waals surface area contributed by atoms with E-state index in [2.05, 4.69) is 5.32 Å².